The predicted molar refractivity (Wildman–Crippen MR) is 105 cm³/mol. The minimum atomic E-state index is -4.59. The second-order valence-electron chi connectivity index (χ2n) is 7.78. The molecule has 2 unspecified atom stereocenters. The molecule has 2 heterocycles. The third-order valence-electron chi connectivity index (χ3n) is 4.44. The van der Waals surface area contributed by atoms with Crippen LogP contribution in [-0.2, 0) is 20.8 Å². The summed E-state index contributed by atoms with van der Waals surface area (Å²) in [7, 11) is -3.35. The number of aliphatic imine (C=N–C) groups is 1. The van der Waals surface area contributed by atoms with Crippen molar-refractivity contribution in [3.63, 3.8) is 0 Å². The second-order valence-corrected chi connectivity index (χ2v) is 11.6. The molecule has 0 aromatic heterocycles. The molecule has 0 saturated carbocycles. The first-order valence-corrected chi connectivity index (χ1v) is 11.4. The minimum Gasteiger partial charge on any atom is -0.314 e. The van der Waals surface area contributed by atoms with Gasteiger partial charge in [0, 0.05) is 10.7 Å². The number of hydrogen-bond donors (Lipinski definition) is 0. The first-order chi connectivity index (χ1) is 12.7. The number of thioether (sulfide) groups is 1. The number of sulfone groups is 1. The van der Waals surface area contributed by atoms with Gasteiger partial charge in [-0.1, -0.05) is 44.1 Å². The number of carbonyl (C=O) groups is 1. The van der Waals surface area contributed by atoms with Gasteiger partial charge in [-0.05, 0) is 18.2 Å². The van der Waals surface area contributed by atoms with Crippen molar-refractivity contribution in [2.75, 3.05) is 16.4 Å². The number of anilines is 1. The van der Waals surface area contributed by atoms with Crippen molar-refractivity contribution in [1.82, 2.24) is 0 Å². The van der Waals surface area contributed by atoms with Gasteiger partial charge in [0.2, 0.25) is 0 Å². The van der Waals surface area contributed by atoms with Crippen molar-refractivity contribution < 1.29 is 26.4 Å². The van der Waals surface area contributed by atoms with E-state index < -0.39 is 44.2 Å². The minimum absolute atomic E-state index is 0.00551. The van der Waals surface area contributed by atoms with E-state index in [9.17, 15) is 26.4 Å². The Morgan fingerprint density at radius 3 is 2.46 bits per heavy atom. The van der Waals surface area contributed by atoms with Gasteiger partial charge in [0.1, 0.15) is 0 Å². The molecule has 1 amide bonds. The zero-order valence-corrected chi connectivity index (χ0v) is 17.6. The Morgan fingerprint density at radius 1 is 1.25 bits per heavy atom. The standard InChI is InChI=1S/C17H18ClF3N2O3S2/c1-16(2,3)14(24)22-15-23(12-7-28(25,26)8-13(12)27-15)11-6-9(17(19,20)21)4-5-10(11)18/h4-6,12-13H,7-8H2,1-3H3. The van der Waals surface area contributed by atoms with Gasteiger partial charge in [-0.25, -0.2) is 8.42 Å². The fourth-order valence-electron chi connectivity index (χ4n) is 2.97. The van der Waals surface area contributed by atoms with Gasteiger partial charge in [-0.2, -0.15) is 18.2 Å². The van der Waals surface area contributed by atoms with Gasteiger partial charge in [0.05, 0.1) is 33.8 Å². The second kappa shape index (κ2) is 6.91. The summed E-state index contributed by atoms with van der Waals surface area (Å²) in [5.74, 6) is -0.816. The number of amidine groups is 1. The van der Waals surface area contributed by atoms with Crippen LogP contribution in [0.25, 0.3) is 0 Å². The Balaban J connectivity index is 2.13. The maximum absolute atomic E-state index is 13.2. The zero-order valence-electron chi connectivity index (χ0n) is 15.2. The van der Waals surface area contributed by atoms with Gasteiger partial charge in [-0.3, -0.25) is 4.79 Å². The third-order valence-corrected chi connectivity index (χ3v) is 7.97. The molecule has 3 rings (SSSR count). The van der Waals surface area contributed by atoms with E-state index in [-0.39, 0.29) is 27.4 Å². The van der Waals surface area contributed by atoms with Crippen molar-refractivity contribution in [3.05, 3.63) is 28.8 Å². The maximum Gasteiger partial charge on any atom is 0.416 e. The Labute approximate surface area is 170 Å². The summed E-state index contributed by atoms with van der Waals surface area (Å²) in [6, 6.07) is 2.20. The Bertz CT molecular complexity index is 955. The molecule has 0 aliphatic carbocycles. The van der Waals surface area contributed by atoms with E-state index in [0.717, 1.165) is 30.0 Å². The van der Waals surface area contributed by atoms with Gasteiger partial charge in [0.15, 0.2) is 15.0 Å². The van der Waals surface area contributed by atoms with Crippen molar-refractivity contribution in [2.45, 2.75) is 38.2 Å². The van der Waals surface area contributed by atoms with E-state index in [1.165, 1.54) is 4.90 Å². The first-order valence-electron chi connectivity index (χ1n) is 8.35. The molecule has 2 atom stereocenters. The van der Waals surface area contributed by atoms with Crippen LogP contribution in [0.4, 0.5) is 18.9 Å². The highest BCUT2D eigenvalue weighted by molar-refractivity contribution is 8.16. The normalized spacial score (nSPS) is 26.0. The summed E-state index contributed by atoms with van der Waals surface area (Å²) < 4.78 is 63.7. The lowest BCUT2D eigenvalue weighted by Gasteiger charge is -2.26. The highest BCUT2D eigenvalue weighted by Gasteiger charge is 2.50. The molecule has 0 N–H and O–H groups in total. The molecule has 1 aromatic carbocycles. The highest BCUT2D eigenvalue weighted by atomic mass is 35.5. The summed E-state index contributed by atoms with van der Waals surface area (Å²) >= 11 is 7.26. The van der Waals surface area contributed by atoms with Crippen LogP contribution < -0.4 is 4.90 Å². The Kier molecular flexibility index (Phi) is 5.30. The summed E-state index contributed by atoms with van der Waals surface area (Å²) in [4.78, 5) is 17.9. The number of alkyl halides is 3. The molecule has 154 valence electrons. The van der Waals surface area contributed by atoms with Crippen LogP contribution in [0.2, 0.25) is 5.02 Å². The number of halogens is 4. The molecule has 2 aliphatic rings. The summed E-state index contributed by atoms with van der Waals surface area (Å²) in [5.41, 5.74) is -1.71. The molecular formula is C17H18ClF3N2O3S2. The SMILES string of the molecule is CC(C)(C)C(=O)N=C1SC2CS(=O)(=O)CC2N1c1cc(C(F)(F)F)ccc1Cl. The topological polar surface area (TPSA) is 66.8 Å². The largest absolute Gasteiger partial charge is 0.416 e. The monoisotopic (exact) mass is 454 g/mol. The molecule has 0 radical (unpaired) electrons. The predicted octanol–water partition coefficient (Wildman–Crippen LogP) is 4.01. The smallest absolute Gasteiger partial charge is 0.314 e. The molecule has 28 heavy (non-hydrogen) atoms. The van der Waals surface area contributed by atoms with Crippen LogP contribution >= 0.6 is 23.4 Å². The molecule has 5 nitrogen and oxygen atoms in total. The lowest BCUT2D eigenvalue weighted by Crippen LogP contribution is -2.38. The lowest BCUT2D eigenvalue weighted by atomic mass is 9.96. The van der Waals surface area contributed by atoms with E-state index in [1.807, 2.05) is 0 Å². The highest BCUT2D eigenvalue weighted by Crippen LogP contribution is 2.45. The average molecular weight is 455 g/mol. The molecule has 1 aromatic rings. The quantitative estimate of drug-likeness (QED) is 0.641. The molecular weight excluding hydrogens is 437 g/mol. The zero-order chi connectivity index (χ0) is 21.1. The third kappa shape index (κ3) is 4.18. The summed E-state index contributed by atoms with van der Waals surface area (Å²) in [6.07, 6.45) is -4.59. The van der Waals surface area contributed by atoms with Crippen LogP contribution in [0.15, 0.2) is 23.2 Å². The molecule has 0 spiro atoms. The molecule has 2 fully saturated rings. The van der Waals surface area contributed by atoms with Crippen molar-refractivity contribution in [2.24, 2.45) is 10.4 Å². The van der Waals surface area contributed by atoms with E-state index in [2.05, 4.69) is 4.99 Å². The van der Waals surface area contributed by atoms with Crippen LogP contribution in [0.5, 0.6) is 0 Å². The van der Waals surface area contributed by atoms with Crippen LogP contribution in [0, 0.1) is 5.41 Å². The Morgan fingerprint density at radius 2 is 1.89 bits per heavy atom. The number of amides is 1. The number of hydrogen-bond acceptors (Lipinski definition) is 4. The lowest BCUT2D eigenvalue weighted by molar-refractivity contribution is -0.137. The van der Waals surface area contributed by atoms with Gasteiger partial charge in [0.25, 0.3) is 5.91 Å². The van der Waals surface area contributed by atoms with Gasteiger partial charge < -0.3 is 4.90 Å². The number of rotatable bonds is 1. The summed E-state index contributed by atoms with van der Waals surface area (Å²) in [5, 5.41) is -0.234. The fourth-order valence-corrected chi connectivity index (χ4v) is 7.09. The van der Waals surface area contributed by atoms with Crippen molar-refractivity contribution in [1.29, 1.82) is 0 Å². The molecule has 11 heteroatoms. The van der Waals surface area contributed by atoms with E-state index in [0.29, 0.717) is 0 Å². The first kappa shape index (κ1) is 21.4. The molecule has 0 bridgehead atoms. The molecule has 2 aliphatic heterocycles. The number of fused-ring (bicyclic) bond motifs is 1. The van der Waals surface area contributed by atoms with Gasteiger partial charge in [-0.15, -0.1) is 0 Å². The van der Waals surface area contributed by atoms with E-state index >= 15 is 0 Å². The Hall–Kier alpha value is -1.26. The van der Waals surface area contributed by atoms with Crippen LogP contribution in [0.1, 0.15) is 26.3 Å². The van der Waals surface area contributed by atoms with E-state index in [4.69, 9.17) is 11.6 Å². The maximum atomic E-state index is 13.2. The molecule has 2 saturated heterocycles. The number of nitrogens with zero attached hydrogens (tertiary/aromatic N) is 2. The van der Waals surface area contributed by atoms with Gasteiger partial charge >= 0.3 is 6.18 Å². The fraction of sp³-hybridized carbons (Fsp3) is 0.529. The number of benzene rings is 1. The van der Waals surface area contributed by atoms with Crippen molar-refractivity contribution >= 4 is 50.0 Å². The van der Waals surface area contributed by atoms with Crippen LogP contribution in [-0.4, -0.2) is 42.3 Å². The van der Waals surface area contributed by atoms with Crippen LogP contribution in [0.3, 0.4) is 0 Å². The van der Waals surface area contributed by atoms with E-state index in [1.54, 1.807) is 20.8 Å². The average Bonchev–Trinajstić information content (AvgIpc) is 2.97. The van der Waals surface area contributed by atoms with Crippen molar-refractivity contribution in [3.8, 4) is 0 Å². The summed E-state index contributed by atoms with van der Waals surface area (Å²) in [6.45, 7) is 5.02. The number of carbonyl (C=O) groups excluding carboxylic acids is 1.